The summed E-state index contributed by atoms with van der Waals surface area (Å²) in [5, 5.41) is 25.3. The second kappa shape index (κ2) is 10.7. The van der Waals surface area contributed by atoms with Gasteiger partial charge in [0, 0.05) is 16.9 Å². The normalized spacial score (nSPS) is 20.1. The molecule has 34 heavy (non-hydrogen) atoms. The molecule has 2 atom stereocenters. The number of β-lactam (4-membered cyclic amide) rings is 1. The van der Waals surface area contributed by atoms with Gasteiger partial charge in [-0.3, -0.25) is 14.5 Å². The van der Waals surface area contributed by atoms with Crippen molar-refractivity contribution in [2.24, 2.45) is 5.16 Å². The summed E-state index contributed by atoms with van der Waals surface area (Å²) in [5.74, 6) is -1.58. The molecule has 2 aromatic heterocycles. The summed E-state index contributed by atoms with van der Waals surface area (Å²) in [6.07, 6.45) is 0.691. The van der Waals surface area contributed by atoms with E-state index in [2.05, 4.69) is 25.7 Å². The van der Waals surface area contributed by atoms with E-state index >= 15 is 0 Å². The van der Waals surface area contributed by atoms with Crippen molar-refractivity contribution in [2.75, 3.05) is 23.8 Å². The highest BCUT2D eigenvalue weighted by Crippen LogP contribution is 2.41. The molecule has 1 fully saturated rings. The molecule has 180 valence electrons. The zero-order chi connectivity index (χ0) is 24.2. The van der Waals surface area contributed by atoms with Gasteiger partial charge in [0.25, 0.3) is 11.8 Å². The standard InChI is InChI=1S/C18H19N7O5S4/c1-2-3-30-24-10(9-6-32-17(19)21-9)13(26)22-11-14(27)25-12(16(28)29)8(4-31-15(11)25)5-33-18-23-20-7-34-18/h6-7,11,15H,2-5H2,1H3,(H2,19,21)(H,22,26)(H,28,29)/t11?,15-/m0/s1. The smallest absolute Gasteiger partial charge is 0.352 e. The molecule has 1 unspecified atom stereocenters. The summed E-state index contributed by atoms with van der Waals surface area (Å²) in [4.78, 5) is 48.3. The van der Waals surface area contributed by atoms with Crippen LogP contribution in [0.25, 0.3) is 0 Å². The Balaban J connectivity index is 1.49. The minimum atomic E-state index is -1.19. The summed E-state index contributed by atoms with van der Waals surface area (Å²) in [5.41, 5.74) is 7.97. The van der Waals surface area contributed by atoms with Crippen LogP contribution in [-0.2, 0) is 19.2 Å². The Bertz CT molecular complexity index is 1150. The highest BCUT2D eigenvalue weighted by molar-refractivity contribution is 8.01. The Morgan fingerprint density at radius 1 is 1.44 bits per heavy atom. The predicted octanol–water partition coefficient (Wildman–Crippen LogP) is 1.24. The predicted molar refractivity (Wildman–Crippen MR) is 130 cm³/mol. The maximum atomic E-state index is 13.0. The number of nitrogens with one attached hydrogen (secondary N) is 1. The fraction of sp³-hybridized carbons (Fsp3) is 0.389. The van der Waals surface area contributed by atoms with Crippen LogP contribution in [0.5, 0.6) is 0 Å². The number of hydrogen-bond acceptors (Lipinski definition) is 13. The minimum Gasteiger partial charge on any atom is -0.477 e. The lowest BCUT2D eigenvalue weighted by molar-refractivity contribution is -0.150. The summed E-state index contributed by atoms with van der Waals surface area (Å²) in [6, 6.07) is -0.906. The Morgan fingerprint density at radius 3 is 2.91 bits per heavy atom. The molecule has 2 aliphatic heterocycles. The molecule has 2 aliphatic rings. The van der Waals surface area contributed by atoms with Gasteiger partial charge in [-0.2, -0.15) is 0 Å². The number of anilines is 1. The van der Waals surface area contributed by atoms with Crippen LogP contribution < -0.4 is 11.1 Å². The molecule has 4 heterocycles. The number of fused-ring (bicyclic) bond motifs is 1. The Hall–Kier alpha value is -2.69. The number of hydrogen-bond donors (Lipinski definition) is 3. The SMILES string of the molecule is CCCON=C(C(=O)NC1C(=O)N2C(C(=O)O)=C(CSc3nncs3)CS[C@@H]12)c1csc(N)n1. The molecule has 0 saturated carbocycles. The summed E-state index contributed by atoms with van der Waals surface area (Å²) in [7, 11) is 0. The van der Waals surface area contributed by atoms with E-state index in [1.54, 1.807) is 10.9 Å². The quantitative estimate of drug-likeness (QED) is 0.130. The number of nitrogen functional groups attached to an aromatic ring is 1. The van der Waals surface area contributed by atoms with Crippen LogP contribution in [0.15, 0.2) is 31.7 Å². The molecular formula is C18H19N7O5S4. The average Bonchev–Trinajstić information content (AvgIpc) is 3.49. The van der Waals surface area contributed by atoms with Crippen molar-refractivity contribution in [1.82, 2.24) is 25.4 Å². The largest absolute Gasteiger partial charge is 0.477 e. The first-order valence-corrected chi connectivity index (χ1v) is 13.7. The second-order valence-electron chi connectivity index (χ2n) is 6.96. The van der Waals surface area contributed by atoms with Crippen molar-refractivity contribution in [1.29, 1.82) is 0 Å². The van der Waals surface area contributed by atoms with Gasteiger partial charge in [-0.15, -0.1) is 33.3 Å². The number of carbonyl (C=O) groups is 3. The van der Waals surface area contributed by atoms with E-state index in [4.69, 9.17) is 10.6 Å². The zero-order valence-corrected chi connectivity index (χ0v) is 20.9. The Kier molecular flexibility index (Phi) is 7.70. The first-order chi connectivity index (χ1) is 16.4. The number of carboxylic acids is 1. The molecule has 0 aliphatic carbocycles. The van der Waals surface area contributed by atoms with Crippen molar-refractivity contribution in [3.63, 3.8) is 0 Å². The summed E-state index contributed by atoms with van der Waals surface area (Å²) >= 11 is 5.25. The number of nitrogens with two attached hydrogens (primary N) is 1. The summed E-state index contributed by atoms with van der Waals surface area (Å²) < 4.78 is 0.712. The number of aromatic nitrogens is 3. The first kappa shape index (κ1) is 24.4. The summed E-state index contributed by atoms with van der Waals surface area (Å²) in [6.45, 7) is 2.20. The van der Waals surface area contributed by atoms with Gasteiger partial charge in [-0.1, -0.05) is 35.2 Å². The molecule has 4 N–H and O–H groups in total. The lowest BCUT2D eigenvalue weighted by atomic mass is 10.0. The minimum absolute atomic E-state index is 0.0521. The Morgan fingerprint density at radius 2 is 2.26 bits per heavy atom. The van der Waals surface area contributed by atoms with Crippen LogP contribution in [0.4, 0.5) is 5.13 Å². The average molecular weight is 542 g/mol. The number of nitrogens with zero attached hydrogens (tertiary/aromatic N) is 5. The van der Waals surface area contributed by atoms with Gasteiger partial charge in [0.15, 0.2) is 15.2 Å². The molecule has 1 saturated heterocycles. The second-order valence-corrected chi connectivity index (χ2v) is 11.0. The van der Waals surface area contributed by atoms with Crippen molar-refractivity contribution in [3.8, 4) is 0 Å². The number of aliphatic carboxylic acids is 1. The third-order valence-electron chi connectivity index (χ3n) is 4.68. The van der Waals surface area contributed by atoms with Gasteiger partial charge >= 0.3 is 5.97 Å². The number of oxime groups is 1. The number of thioether (sulfide) groups is 2. The fourth-order valence-electron chi connectivity index (χ4n) is 3.18. The zero-order valence-electron chi connectivity index (χ0n) is 17.7. The van der Waals surface area contributed by atoms with Gasteiger partial charge in [-0.05, 0) is 12.0 Å². The molecule has 0 bridgehead atoms. The number of thiazole rings is 1. The molecule has 0 aromatic carbocycles. The van der Waals surface area contributed by atoms with Crippen LogP contribution in [0.2, 0.25) is 0 Å². The van der Waals surface area contributed by atoms with Gasteiger partial charge in [0.05, 0.1) is 0 Å². The highest BCUT2D eigenvalue weighted by Gasteiger charge is 2.54. The molecule has 2 aromatic rings. The molecule has 12 nitrogen and oxygen atoms in total. The van der Waals surface area contributed by atoms with Gasteiger partial charge < -0.3 is 21.0 Å². The van der Waals surface area contributed by atoms with Gasteiger partial charge in [-0.25, -0.2) is 9.78 Å². The van der Waals surface area contributed by atoms with Gasteiger partial charge in [0.2, 0.25) is 0 Å². The number of amides is 2. The van der Waals surface area contributed by atoms with Crippen molar-refractivity contribution in [2.45, 2.75) is 29.1 Å². The number of carbonyl (C=O) groups excluding carboxylic acids is 2. The van der Waals surface area contributed by atoms with E-state index in [9.17, 15) is 19.5 Å². The maximum absolute atomic E-state index is 13.0. The Labute approximate surface area is 210 Å². The van der Waals surface area contributed by atoms with Crippen molar-refractivity contribution in [3.05, 3.63) is 27.9 Å². The number of carboxylic acid groups (broad SMARTS) is 1. The molecule has 0 spiro atoms. The highest BCUT2D eigenvalue weighted by atomic mass is 32.2. The van der Waals surface area contributed by atoms with E-state index in [1.807, 2.05) is 6.92 Å². The number of rotatable bonds is 10. The third kappa shape index (κ3) is 5.03. The lowest BCUT2D eigenvalue weighted by Crippen LogP contribution is -2.71. The van der Waals surface area contributed by atoms with Crippen molar-refractivity contribution < 1.29 is 24.3 Å². The van der Waals surface area contributed by atoms with Crippen LogP contribution >= 0.6 is 46.2 Å². The lowest BCUT2D eigenvalue weighted by Gasteiger charge is -2.49. The van der Waals surface area contributed by atoms with Crippen LogP contribution in [0, 0.1) is 0 Å². The fourth-order valence-corrected chi connectivity index (χ4v) is 6.70. The van der Waals surface area contributed by atoms with E-state index < -0.39 is 29.2 Å². The van der Waals surface area contributed by atoms with Crippen molar-refractivity contribution >= 4 is 74.8 Å². The molecule has 4 rings (SSSR count). The third-order valence-corrected chi connectivity index (χ3v) is 8.64. The topological polar surface area (TPSA) is 173 Å². The monoisotopic (exact) mass is 541 g/mol. The molecular weight excluding hydrogens is 523 g/mol. The molecule has 16 heteroatoms. The van der Waals surface area contributed by atoms with Gasteiger partial charge in [0.1, 0.15) is 34.9 Å². The van der Waals surface area contributed by atoms with E-state index in [0.29, 0.717) is 34.4 Å². The van der Waals surface area contributed by atoms with E-state index in [0.717, 1.165) is 11.3 Å². The van der Waals surface area contributed by atoms with Crippen LogP contribution in [0.1, 0.15) is 19.0 Å². The molecule has 0 radical (unpaired) electrons. The molecule has 2 amide bonds. The van der Waals surface area contributed by atoms with E-state index in [-0.39, 0.29) is 22.2 Å². The van der Waals surface area contributed by atoms with E-state index in [1.165, 1.54) is 39.8 Å². The van der Waals surface area contributed by atoms with Crippen LogP contribution in [0.3, 0.4) is 0 Å². The first-order valence-electron chi connectivity index (χ1n) is 9.91. The van der Waals surface area contributed by atoms with Crippen LogP contribution in [-0.4, -0.2) is 78.2 Å². The maximum Gasteiger partial charge on any atom is 0.352 e.